The van der Waals surface area contributed by atoms with Gasteiger partial charge in [0, 0.05) is 34.8 Å². The van der Waals surface area contributed by atoms with Crippen LogP contribution in [0, 0.1) is 0 Å². The van der Waals surface area contributed by atoms with Gasteiger partial charge in [0.25, 0.3) is 0 Å². The van der Waals surface area contributed by atoms with Gasteiger partial charge in [-0.2, -0.15) is 0 Å². The van der Waals surface area contributed by atoms with Crippen LogP contribution < -0.4 is 5.32 Å². The molecule has 2 nitrogen and oxygen atoms in total. The van der Waals surface area contributed by atoms with Crippen LogP contribution in [0.1, 0.15) is 17.9 Å². The molecule has 21 heavy (non-hydrogen) atoms. The van der Waals surface area contributed by atoms with E-state index in [1.54, 1.807) is 0 Å². The zero-order valence-electron chi connectivity index (χ0n) is 11.8. The van der Waals surface area contributed by atoms with E-state index >= 15 is 0 Å². The number of H-pyrrole nitrogens is 1. The first kappa shape index (κ1) is 12.8. The monoisotopic (exact) mass is 294 g/mol. The second-order valence-electron chi connectivity index (χ2n) is 5.49. The Hall–Kier alpha value is -1.87. The zero-order valence-corrected chi connectivity index (χ0v) is 12.6. The fourth-order valence-electron chi connectivity index (χ4n) is 3.11. The molecule has 1 atom stereocenters. The van der Waals surface area contributed by atoms with E-state index in [0.29, 0.717) is 5.92 Å². The van der Waals surface area contributed by atoms with Crippen LogP contribution in [0.3, 0.4) is 0 Å². The number of aromatic amines is 1. The summed E-state index contributed by atoms with van der Waals surface area (Å²) in [6.45, 7) is 0.999. The highest BCUT2D eigenvalue weighted by Crippen LogP contribution is 2.41. The van der Waals surface area contributed by atoms with E-state index in [9.17, 15) is 0 Å². The van der Waals surface area contributed by atoms with Crippen molar-refractivity contribution in [3.8, 4) is 0 Å². The summed E-state index contributed by atoms with van der Waals surface area (Å²) in [5.74, 6) is 1.78. The molecule has 0 saturated heterocycles. The van der Waals surface area contributed by atoms with E-state index < -0.39 is 0 Å². The van der Waals surface area contributed by atoms with Gasteiger partial charge in [-0.25, -0.2) is 0 Å². The lowest BCUT2D eigenvalue weighted by Gasteiger charge is -2.23. The molecule has 2 heterocycles. The summed E-state index contributed by atoms with van der Waals surface area (Å²) < 4.78 is 0. The van der Waals surface area contributed by atoms with Crippen molar-refractivity contribution in [2.24, 2.45) is 0 Å². The predicted molar refractivity (Wildman–Crippen MR) is 91.3 cm³/mol. The molecule has 0 radical (unpaired) electrons. The van der Waals surface area contributed by atoms with Crippen molar-refractivity contribution in [2.45, 2.75) is 17.4 Å². The quantitative estimate of drug-likeness (QED) is 0.722. The summed E-state index contributed by atoms with van der Waals surface area (Å²) in [6.07, 6.45) is 1.24. The third kappa shape index (κ3) is 2.42. The first-order valence-electron chi connectivity index (χ1n) is 7.44. The number of thioether (sulfide) groups is 1. The topological polar surface area (TPSA) is 27.8 Å². The van der Waals surface area contributed by atoms with Crippen molar-refractivity contribution in [3.05, 3.63) is 60.2 Å². The number of anilines is 1. The fourth-order valence-corrected chi connectivity index (χ4v) is 4.33. The van der Waals surface area contributed by atoms with Gasteiger partial charge < -0.3 is 10.3 Å². The maximum absolute atomic E-state index is 3.59. The van der Waals surface area contributed by atoms with Crippen LogP contribution in [0.25, 0.3) is 10.9 Å². The number of nitrogens with one attached hydrogen (secondary N) is 2. The maximum Gasteiger partial charge on any atom is 0.0768 e. The largest absolute Gasteiger partial charge is 0.384 e. The molecule has 0 bridgehead atoms. The second kappa shape index (κ2) is 5.49. The third-order valence-electron chi connectivity index (χ3n) is 4.16. The molecule has 3 aromatic rings. The van der Waals surface area contributed by atoms with Gasteiger partial charge in [0.05, 0.1) is 5.03 Å². The molecule has 3 heteroatoms. The number of para-hydroxylation sites is 2. The Morgan fingerprint density at radius 2 is 1.86 bits per heavy atom. The van der Waals surface area contributed by atoms with Gasteiger partial charge in [0.2, 0.25) is 0 Å². The Bertz CT molecular complexity index is 748. The average molecular weight is 294 g/mol. The summed E-state index contributed by atoms with van der Waals surface area (Å²) >= 11 is 1.96. The summed E-state index contributed by atoms with van der Waals surface area (Å²) in [7, 11) is 0. The lowest BCUT2D eigenvalue weighted by atomic mass is 9.95. The molecule has 106 valence electrons. The molecule has 0 amide bonds. The van der Waals surface area contributed by atoms with Crippen LogP contribution in [0.2, 0.25) is 0 Å². The molecule has 0 fully saturated rings. The molecule has 2 N–H and O–H groups in total. The Balaban J connectivity index is 1.63. The predicted octanol–water partition coefficient (Wildman–Crippen LogP) is 4.86. The van der Waals surface area contributed by atoms with Gasteiger partial charge in [-0.05, 0) is 30.2 Å². The second-order valence-corrected chi connectivity index (χ2v) is 6.60. The number of hydrogen-bond acceptors (Lipinski definition) is 2. The van der Waals surface area contributed by atoms with Crippen LogP contribution in [0.4, 0.5) is 5.69 Å². The first-order valence-corrected chi connectivity index (χ1v) is 8.43. The molecule has 2 aromatic carbocycles. The minimum Gasteiger partial charge on any atom is -0.384 e. The summed E-state index contributed by atoms with van der Waals surface area (Å²) in [6, 6.07) is 19.1. The van der Waals surface area contributed by atoms with Crippen LogP contribution in [0.15, 0.2) is 59.6 Å². The first-order chi connectivity index (χ1) is 10.4. The summed E-state index contributed by atoms with van der Waals surface area (Å²) in [5.41, 5.74) is 3.98. The zero-order chi connectivity index (χ0) is 14.1. The number of aromatic nitrogens is 1. The van der Waals surface area contributed by atoms with Crippen molar-refractivity contribution in [3.63, 3.8) is 0 Å². The van der Waals surface area contributed by atoms with E-state index in [1.807, 2.05) is 11.8 Å². The van der Waals surface area contributed by atoms with Crippen LogP contribution >= 0.6 is 11.8 Å². The molecular weight excluding hydrogens is 276 g/mol. The lowest BCUT2D eigenvalue weighted by molar-refractivity contribution is 0.680. The van der Waals surface area contributed by atoms with Crippen LogP contribution in [-0.4, -0.2) is 17.3 Å². The van der Waals surface area contributed by atoms with Crippen molar-refractivity contribution in [1.82, 2.24) is 4.98 Å². The third-order valence-corrected chi connectivity index (χ3v) is 5.21. The summed E-state index contributed by atoms with van der Waals surface area (Å²) in [4.78, 5) is 3.58. The standard InChI is InChI=1S/C18H18N2S/c1-2-6-14(7-3-1)19-12-13-10-11-21-18-17(13)15-8-4-5-9-16(15)20-18/h1-9,13,19-20H,10-12H2. The number of rotatable bonds is 3. The lowest BCUT2D eigenvalue weighted by Crippen LogP contribution is -2.16. The number of fused-ring (bicyclic) bond motifs is 3. The molecule has 1 aromatic heterocycles. The SMILES string of the molecule is c1ccc(NCC2CCSc3[nH]c4ccccc4c32)cc1. The van der Waals surface area contributed by atoms with E-state index in [1.165, 1.54) is 39.4 Å². The molecule has 1 aliphatic rings. The fraction of sp³-hybridized carbons (Fsp3) is 0.222. The smallest absolute Gasteiger partial charge is 0.0768 e. The molecule has 0 spiro atoms. The Kier molecular flexibility index (Phi) is 3.36. The van der Waals surface area contributed by atoms with E-state index in [2.05, 4.69) is 64.9 Å². The highest BCUT2D eigenvalue weighted by atomic mass is 32.2. The summed E-state index contributed by atoms with van der Waals surface area (Å²) in [5, 5.41) is 6.34. The minimum atomic E-state index is 0.581. The Morgan fingerprint density at radius 3 is 2.76 bits per heavy atom. The van der Waals surface area contributed by atoms with E-state index in [0.717, 1.165) is 6.54 Å². The normalized spacial score (nSPS) is 17.6. The van der Waals surface area contributed by atoms with Gasteiger partial charge in [-0.15, -0.1) is 11.8 Å². The molecule has 0 aliphatic carbocycles. The van der Waals surface area contributed by atoms with Gasteiger partial charge in [0.1, 0.15) is 0 Å². The average Bonchev–Trinajstić information content (AvgIpc) is 2.93. The van der Waals surface area contributed by atoms with Crippen molar-refractivity contribution >= 4 is 28.4 Å². The van der Waals surface area contributed by atoms with Gasteiger partial charge in [-0.3, -0.25) is 0 Å². The number of benzene rings is 2. The van der Waals surface area contributed by atoms with E-state index in [4.69, 9.17) is 0 Å². The molecular formula is C18H18N2S. The molecule has 0 saturated carbocycles. The Labute approximate surface area is 129 Å². The van der Waals surface area contributed by atoms with Crippen molar-refractivity contribution < 1.29 is 0 Å². The van der Waals surface area contributed by atoms with E-state index in [-0.39, 0.29) is 0 Å². The molecule has 1 aliphatic heterocycles. The van der Waals surface area contributed by atoms with Crippen molar-refractivity contribution in [2.75, 3.05) is 17.6 Å². The van der Waals surface area contributed by atoms with Crippen molar-refractivity contribution in [1.29, 1.82) is 0 Å². The van der Waals surface area contributed by atoms with Crippen LogP contribution in [-0.2, 0) is 0 Å². The molecule has 1 unspecified atom stereocenters. The highest BCUT2D eigenvalue weighted by Gasteiger charge is 2.24. The Morgan fingerprint density at radius 1 is 1.05 bits per heavy atom. The molecule has 4 rings (SSSR count). The van der Waals surface area contributed by atoms with Gasteiger partial charge >= 0.3 is 0 Å². The van der Waals surface area contributed by atoms with Gasteiger partial charge in [0.15, 0.2) is 0 Å². The van der Waals surface area contributed by atoms with Gasteiger partial charge in [-0.1, -0.05) is 36.4 Å². The number of hydrogen-bond donors (Lipinski definition) is 2. The maximum atomic E-state index is 3.59. The highest BCUT2D eigenvalue weighted by molar-refractivity contribution is 7.99. The minimum absolute atomic E-state index is 0.581. The van der Waals surface area contributed by atoms with Crippen LogP contribution in [0.5, 0.6) is 0 Å².